The van der Waals surface area contributed by atoms with Crippen LogP contribution in [0, 0.1) is 12.8 Å². The maximum absolute atomic E-state index is 12.0. The number of anilines is 1. The summed E-state index contributed by atoms with van der Waals surface area (Å²) in [6.07, 6.45) is 2.18. The van der Waals surface area contributed by atoms with E-state index in [4.69, 9.17) is 0 Å². The van der Waals surface area contributed by atoms with Gasteiger partial charge in [0.05, 0.1) is 12.6 Å². The topological polar surface area (TPSA) is 81.6 Å². The van der Waals surface area contributed by atoms with E-state index in [1.165, 1.54) is 24.2 Å². The van der Waals surface area contributed by atoms with Crippen molar-refractivity contribution < 1.29 is 9.90 Å². The summed E-state index contributed by atoms with van der Waals surface area (Å²) in [6.45, 7) is 6.57. The molecule has 7 nitrogen and oxygen atoms in total. The number of carbonyl (C=O) groups is 1. The van der Waals surface area contributed by atoms with Crippen LogP contribution in [0.1, 0.15) is 17.8 Å². The van der Waals surface area contributed by atoms with E-state index in [1.54, 1.807) is 0 Å². The summed E-state index contributed by atoms with van der Waals surface area (Å²) in [4.78, 5) is 16.4. The summed E-state index contributed by atoms with van der Waals surface area (Å²) in [7, 11) is 0. The predicted molar refractivity (Wildman–Crippen MR) is 84.9 cm³/mol. The lowest BCUT2D eigenvalue weighted by molar-refractivity contribution is -0.117. The van der Waals surface area contributed by atoms with Crippen LogP contribution < -0.4 is 5.32 Å². The minimum Gasteiger partial charge on any atom is -0.392 e. The molecule has 2 aliphatic rings. The van der Waals surface area contributed by atoms with Crippen molar-refractivity contribution in [3.8, 4) is 0 Å². The first kappa shape index (κ1) is 15.8. The highest BCUT2D eigenvalue weighted by Crippen LogP contribution is 2.32. The summed E-state index contributed by atoms with van der Waals surface area (Å²) >= 11 is 1.39. The van der Waals surface area contributed by atoms with E-state index >= 15 is 0 Å². The Bertz CT molecular complexity index is 511. The Balaban J connectivity index is 1.37. The van der Waals surface area contributed by atoms with Crippen molar-refractivity contribution in [3.63, 3.8) is 0 Å². The molecule has 0 radical (unpaired) electrons. The zero-order chi connectivity index (χ0) is 15.5. The number of nitrogens with zero attached hydrogens (tertiary/aromatic N) is 4. The van der Waals surface area contributed by atoms with E-state index < -0.39 is 0 Å². The SMILES string of the molecule is Cc1nnc(NC(=O)CN2CCN(C[C@@H](O)C3CC3)CC2)s1. The molecule has 0 aromatic carbocycles. The highest BCUT2D eigenvalue weighted by molar-refractivity contribution is 7.15. The number of aromatic nitrogens is 2. The van der Waals surface area contributed by atoms with Gasteiger partial charge < -0.3 is 5.11 Å². The van der Waals surface area contributed by atoms with Gasteiger partial charge in [0, 0.05) is 32.7 Å². The molecule has 0 bridgehead atoms. The highest BCUT2D eigenvalue weighted by atomic mass is 32.1. The molecule has 0 spiro atoms. The second-order valence-electron chi connectivity index (χ2n) is 6.16. The minimum atomic E-state index is -0.171. The van der Waals surface area contributed by atoms with Gasteiger partial charge in [-0.3, -0.25) is 19.9 Å². The average molecular weight is 325 g/mol. The standard InChI is InChI=1S/C14H23N5O2S/c1-10-16-17-14(22-10)15-13(21)9-19-6-4-18(5-7-19)8-12(20)11-2-3-11/h11-12,20H,2-9H2,1H3,(H,15,17,21)/t12-/m1/s1. The second-order valence-corrected chi connectivity index (χ2v) is 7.34. The van der Waals surface area contributed by atoms with Crippen LogP contribution in [0.15, 0.2) is 0 Å². The number of aryl methyl sites for hydroxylation is 1. The summed E-state index contributed by atoms with van der Waals surface area (Å²) in [6, 6.07) is 0. The van der Waals surface area contributed by atoms with Gasteiger partial charge in [-0.15, -0.1) is 10.2 Å². The van der Waals surface area contributed by atoms with Gasteiger partial charge in [0.15, 0.2) is 0 Å². The Hall–Kier alpha value is -1.09. The fourth-order valence-corrected chi connectivity index (χ4v) is 3.34. The molecule has 2 N–H and O–H groups in total. The Labute approximate surface area is 134 Å². The van der Waals surface area contributed by atoms with Crippen molar-refractivity contribution >= 4 is 22.4 Å². The number of aliphatic hydroxyl groups excluding tert-OH is 1. The molecule has 122 valence electrons. The van der Waals surface area contributed by atoms with E-state index in [0.717, 1.165) is 37.7 Å². The van der Waals surface area contributed by atoms with Crippen LogP contribution in [-0.2, 0) is 4.79 Å². The predicted octanol–water partition coefficient (Wildman–Crippen LogP) is 0.174. The molecular weight excluding hydrogens is 302 g/mol. The molecule has 0 unspecified atom stereocenters. The lowest BCUT2D eigenvalue weighted by atomic mass is 10.2. The van der Waals surface area contributed by atoms with Crippen molar-refractivity contribution in [1.29, 1.82) is 0 Å². The molecule has 1 atom stereocenters. The Kier molecular flexibility index (Phi) is 5.02. The molecule has 1 aliphatic heterocycles. The number of rotatable bonds is 6. The normalized spacial score (nSPS) is 21.7. The van der Waals surface area contributed by atoms with E-state index in [-0.39, 0.29) is 12.0 Å². The largest absolute Gasteiger partial charge is 0.392 e. The van der Waals surface area contributed by atoms with Crippen LogP contribution in [0.3, 0.4) is 0 Å². The second kappa shape index (κ2) is 6.99. The number of carbonyl (C=O) groups excluding carboxylic acids is 1. The molecule has 1 saturated carbocycles. The van der Waals surface area contributed by atoms with Crippen LogP contribution in [-0.4, -0.2) is 76.4 Å². The number of hydrogen-bond acceptors (Lipinski definition) is 7. The molecule has 1 saturated heterocycles. The van der Waals surface area contributed by atoms with Gasteiger partial charge in [-0.05, 0) is 25.7 Å². The fraction of sp³-hybridized carbons (Fsp3) is 0.786. The summed E-state index contributed by atoms with van der Waals surface area (Å²) in [5.74, 6) is 0.488. The van der Waals surface area contributed by atoms with Crippen molar-refractivity contribution in [1.82, 2.24) is 20.0 Å². The minimum absolute atomic E-state index is 0.0392. The average Bonchev–Trinajstić information content (AvgIpc) is 3.25. The van der Waals surface area contributed by atoms with Crippen molar-refractivity contribution in [3.05, 3.63) is 5.01 Å². The van der Waals surface area contributed by atoms with Gasteiger partial charge in [-0.2, -0.15) is 0 Å². The van der Waals surface area contributed by atoms with E-state index in [2.05, 4.69) is 25.3 Å². The summed E-state index contributed by atoms with van der Waals surface area (Å²) < 4.78 is 0. The molecule has 22 heavy (non-hydrogen) atoms. The molecule has 3 rings (SSSR count). The first-order valence-corrected chi connectivity index (χ1v) is 8.64. The number of nitrogens with one attached hydrogen (secondary N) is 1. The zero-order valence-electron chi connectivity index (χ0n) is 12.9. The van der Waals surface area contributed by atoms with Crippen molar-refractivity contribution in [2.45, 2.75) is 25.9 Å². The van der Waals surface area contributed by atoms with Gasteiger partial charge in [-0.1, -0.05) is 11.3 Å². The van der Waals surface area contributed by atoms with E-state index in [0.29, 0.717) is 17.6 Å². The number of aliphatic hydroxyl groups is 1. The van der Waals surface area contributed by atoms with Crippen LogP contribution >= 0.6 is 11.3 Å². The van der Waals surface area contributed by atoms with Crippen molar-refractivity contribution in [2.24, 2.45) is 5.92 Å². The molecule has 1 aliphatic carbocycles. The first-order valence-electron chi connectivity index (χ1n) is 7.83. The van der Waals surface area contributed by atoms with Crippen LogP contribution in [0.5, 0.6) is 0 Å². The Morgan fingerprint density at radius 3 is 2.59 bits per heavy atom. The number of amides is 1. The Morgan fingerprint density at radius 1 is 1.32 bits per heavy atom. The molecular formula is C14H23N5O2S. The number of piperazine rings is 1. The first-order chi connectivity index (χ1) is 10.6. The van der Waals surface area contributed by atoms with Crippen LogP contribution in [0.4, 0.5) is 5.13 Å². The third-order valence-electron chi connectivity index (χ3n) is 4.22. The summed E-state index contributed by atoms with van der Waals surface area (Å²) in [5.41, 5.74) is 0. The molecule has 2 fully saturated rings. The highest BCUT2D eigenvalue weighted by Gasteiger charge is 2.31. The maximum atomic E-state index is 12.0. The van der Waals surface area contributed by atoms with E-state index in [9.17, 15) is 9.90 Å². The lowest BCUT2D eigenvalue weighted by Gasteiger charge is -2.35. The molecule has 1 aromatic rings. The van der Waals surface area contributed by atoms with Crippen LogP contribution in [0.25, 0.3) is 0 Å². The van der Waals surface area contributed by atoms with Gasteiger partial charge >= 0.3 is 0 Å². The maximum Gasteiger partial charge on any atom is 0.240 e. The molecule has 1 aromatic heterocycles. The molecule has 8 heteroatoms. The molecule has 1 amide bonds. The Morgan fingerprint density at radius 2 is 2.00 bits per heavy atom. The number of hydrogen-bond donors (Lipinski definition) is 2. The molecule has 2 heterocycles. The smallest absolute Gasteiger partial charge is 0.240 e. The fourth-order valence-electron chi connectivity index (χ4n) is 2.73. The third-order valence-corrected chi connectivity index (χ3v) is 4.97. The van der Waals surface area contributed by atoms with Gasteiger partial charge in [0.2, 0.25) is 11.0 Å². The third kappa shape index (κ3) is 4.45. The lowest BCUT2D eigenvalue weighted by Crippen LogP contribution is -2.50. The zero-order valence-corrected chi connectivity index (χ0v) is 13.7. The summed E-state index contributed by atoms with van der Waals surface area (Å²) in [5, 5.41) is 22.0. The quantitative estimate of drug-likeness (QED) is 0.776. The van der Waals surface area contributed by atoms with Gasteiger partial charge in [0.1, 0.15) is 5.01 Å². The van der Waals surface area contributed by atoms with Crippen molar-refractivity contribution in [2.75, 3.05) is 44.6 Å². The van der Waals surface area contributed by atoms with E-state index in [1.807, 2.05) is 6.92 Å². The number of β-amino-alcohol motifs (C(OH)–C–C–N with tert-alkyl or cyclic N) is 1. The van der Waals surface area contributed by atoms with Gasteiger partial charge in [-0.25, -0.2) is 0 Å². The van der Waals surface area contributed by atoms with Gasteiger partial charge in [0.25, 0.3) is 0 Å². The van der Waals surface area contributed by atoms with Crippen LogP contribution in [0.2, 0.25) is 0 Å². The monoisotopic (exact) mass is 325 g/mol.